The highest BCUT2D eigenvalue weighted by Crippen LogP contribution is 2.26. The molecule has 2 N–H and O–H groups in total. The number of carbonyl (C=O) groups is 1. The SMILES string of the molecule is NC1CCN(C(=O)C2=Cc3ccccc3OC2)CC1. The number of hydrogen-bond donors (Lipinski definition) is 1. The highest BCUT2D eigenvalue weighted by molar-refractivity contribution is 5.99. The van der Waals surface area contributed by atoms with Crippen molar-refractivity contribution in [3.63, 3.8) is 0 Å². The van der Waals surface area contributed by atoms with E-state index in [4.69, 9.17) is 10.5 Å². The first-order valence-electron chi connectivity index (χ1n) is 6.71. The van der Waals surface area contributed by atoms with Gasteiger partial charge in [0.2, 0.25) is 0 Å². The molecule has 2 aliphatic rings. The van der Waals surface area contributed by atoms with E-state index < -0.39 is 0 Å². The largest absolute Gasteiger partial charge is 0.488 e. The van der Waals surface area contributed by atoms with E-state index in [-0.39, 0.29) is 11.9 Å². The highest BCUT2D eigenvalue weighted by Gasteiger charge is 2.25. The smallest absolute Gasteiger partial charge is 0.253 e. The Morgan fingerprint density at radius 2 is 2.00 bits per heavy atom. The Bertz CT molecular complexity index is 517. The van der Waals surface area contributed by atoms with Crippen molar-refractivity contribution in [3.05, 3.63) is 35.4 Å². The Morgan fingerprint density at radius 3 is 2.79 bits per heavy atom. The lowest BCUT2D eigenvalue weighted by Gasteiger charge is -2.31. The molecular weight excluding hydrogens is 240 g/mol. The Morgan fingerprint density at radius 1 is 1.26 bits per heavy atom. The van der Waals surface area contributed by atoms with Crippen molar-refractivity contribution >= 4 is 12.0 Å². The maximum absolute atomic E-state index is 12.4. The Labute approximate surface area is 112 Å². The van der Waals surface area contributed by atoms with Gasteiger partial charge in [-0.3, -0.25) is 4.79 Å². The Hall–Kier alpha value is -1.81. The van der Waals surface area contributed by atoms with E-state index in [2.05, 4.69) is 0 Å². The van der Waals surface area contributed by atoms with E-state index >= 15 is 0 Å². The van der Waals surface area contributed by atoms with Gasteiger partial charge in [0, 0.05) is 24.7 Å². The van der Waals surface area contributed by atoms with E-state index in [1.165, 1.54) is 0 Å². The van der Waals surface area contributed by atoms with E-state index in [0.29, 0.717) is 6.61 Å². The predicted molar refractivity (Wildman–Crippen MR) is 73.7 cm³/mol. The second kappa shape index (κ2) is 5.05. The summed E-state index contributed by atoms with van der Waals surface area (Å²) in [5.74, 6) is 0.932. The van der Waals surface area contributed by atoms with Gasteiger partial charge in [-0.2, -0.15) is 0 Å². The molecule has 4 nitrogen and oxygen atoms in total. The lowest BCUT2D eigenvalue weighted by molar-refractivity contribution is -0.128. The van der Waals surface area contributed by atoms with Gasteiger partial charge in [0.25, 0.3) is 5.91 Å². The van der Waals surface area contributed by atoms with E-state index in [9.17, 15) is 4.79 Å². The van der Waals surface area contributed by atoms with Crippen LogP contribution in [0.15, 0.2) is 29.8 Å². The Kier molecular flexibility index (Phi) is 3.25. The fourth-order valence-electron chi connectivity index (χ4n) is 2.55. The molecule has 2 aliphatic heterocycles. The van der Waals surface area contributed by atoms with Crippen molar-refractivity contribution in [2.45, 2.75) is 18.9 Å². The number of piperidine rings is 1. The Balaban J connectivity index is 1.76. The third-order valence-corrected chi connectivity index (χ3v) is 3.73. The average molecular weight is 258 g/mol. The zero-order valence-corrected chi connectivity index (χ0v) is 10.8. The highest BCUT2D eigenvalue weighted by atomic mass is 16.5. The van der Waals surface area contributed by atoms with Gasteiger partial charge in [-0.15, -0.1) is 0 Å². The lowest BCUT2D eigenvalue weighted by atomic mass is 10.0. The second-order valence-electron chi connectivity index (χ2n) is 5.13. The molecule has 0 aliphatic carbocycles. The minimum absolute atomic E-state index is 0.0846. The number of fused-ring (bicyclic) bond motifs is 1. The van der Waals surface area contributed by atoms with Crippen LogP contribution in [-0.2, 0) is 4.79 Å². The molecule has 0 unspecified atom stereocenters. The zero-order valence-electron chi connectivity index (χ0n) is 10.8. The third kappa shape index (κ3) is 2.49. The van der Waals surface area contributed by atoms with Crippen LogP contribution >= 0.6 is 0 Å². The molecule has 0 saturated carbocycles. The number of hydrogen-bond acceptors (Lipinski definition) is 3. The first-order valence-corrected chi connectivity index (χ1v) is 6.71. The number of para-hydroxylation sites is 1. The minimum atomic E-state index is 0.0846. The van der Waals surface area contributed by atoms with Crippen molar-refractivity contribution in [2.75, 3.05) is 19.7 Å². The predicted octanol–water partition coefficient (Wildman–Crippen LogP) is 1.41. The molecule has 19 heavy (non-hydrogen) atoms. The molecule has 0 bridgehead atoms. The molecule has 0 spiro atoms. The van der Waals surface area contributed by atoms with Crippen LogP contribution in [0.4, 0.5) is 0 Å². The van der Waals surface area contributed by atoms with Gasteiger partial charge in [0.15, 0.2) is 0 Å². The van der Waals surface area contributed by atoms with E-state index in [1.807, 2.05) is 35.2 Å². The van der Waals surface area contributed by atoms with Crippen LogP contribution in [0.2, 0.25) is 0 Å². The summed E-state index contributed by atoms with van der Waals surface area (Å²) >= 11 is 0. The van der Waals surface area contributed by atoms with Crippen LogP contribution in [0, 0.1) is 0 Å². The van der Waals surface area contributed by atoms with Crippen LogP contribution in [0.5, 0.6) is 5.75 Å². The number of nitrogens with two attached hydrogens (primary N) is 1. The summed E-state index contributed by atoms with van der Waals surface area (Å²) < 4.78 is 5.63. The summed E-state index contributed by atoms with van der Waals surface area (Å²) in [5, 5.41) is 0. The van der Waals surface area contributed by atoms with Gasteiger partial charge in [-0.25, -0.2) is 0 Å². The molecule has 4 heteroatoms. The molecule has 1 aromatic carbocycles. The summed E-state index contributed by atoms with van der Waals surface area (Å²) in [4.78, 5) is 14.3. The quantitative estimate of drug-likeness (QED) is 0.828. The van der Waals surface area contributed by atoms with Crippen molar-refractivity contribution in [3.8, 4) is 5.75 Å². The summed E-state index contributed by atoms with van der Waals surface area (Å²) in [6, 6.07) is 8.01. The van der Waals surface area contributed by atoms with Gasteiger partial charge in [-0.05, 0) is 25.0 Å². The number of rotatable bonds is 1. The van der Waals surface area contributed by atoms with E-state index in [0.717, 1.165) is 42.8 Å². The molecule has 0 aromatic heterocycles. The van der Waals surface area contributed by atoms with Gasteiger partial charge in [0.1, 0.15) is 12.4 Å². The lowest BCUT2D eigenvalue weighted by Crippen LogP contribution is -2.44. The van der Waals surface area contributed by atoms with Crippen LogP contribution in [0.1, 0.15) is 18.4 Å². The monoisotopic (exact) mass is 258 g/mol. The number of amides is 1. The average Bonchev–Trinajstić information content (AvgIpc) is 2.47. The second-order valence-corrected chi connectivity index (χ2v) is 5.13. The molecule has 1 aromatic rings. The first kappa shape index (κ1) is 12.2. The first-order chi connectivity index (χ1) is 9.24. The van der Waals surface area contributed by atoms with Crippen LogP contribution in [0.25, 0.3) is 6.08 Å². The number of carbonyl (C=O) groups excluding carboxylic acids is 1. The minimum Gasteiger partial charge on any atom is -0.488 e. The van der Waals surface area contributed by atoms with Gasteiger partial charge in [-0.1, -0.05) is 18.2 Å². The van der Waals surface area contributed by atoms with Crippen LogP contribution in [0.3, 0.4) is 0 Å². The summed E-state index contributed by atoms with van der Waals surface area (Å²) in [6.07, 6.45) is 3.71. The van der Waals surface area contributed by atoms with E-state index in [1.54, 1.807) is 0 Å². The van der Waals surface area contributed by atoms with Crippen molar-refractivity contribution in [2.24, 2.45) is 5.73 Å². The molecule has 0 radical (unpaired) electrons. The normalized spacial score (nSPS) is 19.4. The standard InChI is InChI=1S/C15H18N2O2/c16-13-5-7-17(8-6-13)15(18)12-9-11-3-1-2-4-14(11)19-10-12/h1-4,9,13H,5-8,10,16H2. The molecule has 2 heterocycles. The molecule has 100 valence electrons. The summed E-state index contributed by atoms with van der Waals surface area (Å²) in [7, 11) is 0. The molecule has 3 rings (SSSR count). The van der Waals surface area contributed by atoms with Crippen molar-refractivity contribution < 1.29 is 9.53 Å². The van der Waals surface area contributed by atoms with Gasteiger partial charge in [0.05, 0.1) is 5.57 Å². The molecule has 0 atom stereocenters. The van der Waals surface area contributed by atoms with Gasteiger partial charge < -0.3 is 15.4 Å². The van der Waals surface area contributed by atoms with Crippen LogP contribution < -0.4 is 10.5 Å². The number of nitrogens with zero attached hydrogens (tertiary/aromatic N) is 1. The fourth-order valence-corrected chi connectivity index (χ4v) is 2.55. The molecule has 1 amide bonds. The molecular formula is C15H18N2O2. The summed E-state index contributed by atoms with van der Waals surface area (Å²) in [6.45, 7) is 1.86. The number of ether oxygens (including phenoxy) is 1. The summed E-state index contributed by atoms with van der Waals surface area (Å²) in [5.41, 5.74) is 7.57. The maximum Gasteiger partial charge on any atom is 0.253 e. The zero-order chi connectivity index (χ0) is 13.2. The number of benzene rings is 1. The fraction of sp³-hybridized carbons (Fsp3) is 0.400. The van der Waals surface area contributed by atoms with Crippen molar-refractivity contribution in [1.82, 2.24) is 4.90 Å². The van der Waals surface area contributed by atoms with Gasteiger partial charge >= 0.3 is 0 Å². The topological polar surface area (TPSA) is 55.6 Å². The maximum atomic E-state index is 12.4. The van der Waals surface area contributed by atoms with Crippen LogP contribution in [-0.4, -0.2) is 36.5 Å². The third-order valence-electron chi connectivity index (χ3n) is 3.73. The molecule has 1 saturated heterocycles. The number of likely N-dealkylation sites (tertiary alicyclic amines) is 1. The van der Waals surface area contributed by atoms with Crippen molar-refractivity contribution in [1.29, 1.82) is 0 Å². The molecule has 1 fully saturated rings.